The lowest BCUT2D eigenvalue weighted by Crippen LogP contribution is -2.28. The molecule has 2 N–H and O–H groups in total. The second kappa shape index (κ2) is 6.39. The molecule has 0 amide bonds. The van der Waals surface area contributed by atoms with Crippen LogP contribution >= 0.6 is 0 Å². The number of nitrogens with one attached hydrogen (secondary N) is 1. The molecule has 0 spiro atoms. The van der Waals surface area contributed by atoms with E-state index < -0.39 is 0 Å². The highest BCUT2D eigenvalue weighted by atomic mass is 16.3. The summed E-state index contributed by atoms with van der Waals surface area (Å²) < 4.78 is 0. The minimum Gasteiger partial charge on any atom is -0.396 e. The summed E-state index contributed by atoms with van der Waals surface area (Å²) in [6, 6.07) is 0. The Morgan fingerprint density at radius 1 is 1.46 bits per heavy atom. The minimum absolute atomic E-state index is 0.336. The molecule has 0 aromatic carbocycles. The van der Waals surface area contributed by atoms with Crippen LogP contribution in [0.15, 0.2) is 0 Å². The van der Waals surface area contributed by atoms with Gasteiger partial charge < -0.3 is 10.4 Å². The van der Waals surface area contributed by atoms with Crippen LogP contribution in [0.2, 0.25) is 0 Å². The molecule has 1 rings (SSSR count). The zero-order chi connectivity index (χ0) is 9.52. The van der Waals surface area contributed by atoms with Crippen LogP contribution in [0.3, 0.4) is 0 Å². The fourth-order valence-electron chi connectivity index (χ4n) is 1.67. The van der Waals surface area contributed by atoms with E-state index >= 15 is 0 Å². The molecule has 2 nitrogen and oxygen atoms in total. The Labute approximate surface area is 81.7 Å². The highest BCUT2D eigenvalue weighted by molar-refractivity contribution is 4.71. The molecule has 78 valence electrons. The Morgan fingerprint density at radius 3 is 2.77 bits per heavy atom. The van der Waals surface area contributed by atoms with Crippen LogP contribution in [0.5, 0.6) is 0 Å². The normalized spacial score (nSPS) is 19.8. The number of aliphatic hydroxyl groups excluding tert-OH is 1. The van der Waals surface area contributed by atoms with Crippen molar-refractivity contribution < 1.29 is 5.11 Å². The molecular formula is C11H23NO. The summed E-state index contributed by atoms with van der Waals surface area (Å²) in [6.07, 6.45) is 6.65. The van der Waals surface area contributed by atoms with Crippen LogP contribution in [0.25, 0.3) is 0 Å². The maximum absolute atomic E-state index is 8.81. The molecule has 1 aliphatic carbocycles. The summed E-state index contributed by atoms with van der Waals surface area (Å²) in [5, 5.41) is 12.3. The molecule has 0 bridgehead atoms. The van der Waals surface area contributed by atoms with E-state index in [-0.39, 0.29) is 0 Å². The molecular weight excluding hydrogens is 162 g/mol. The molecule has 2 heteroatoms. The number of rotatable bonds is 7. The Kier molecular flexibility index (Phi) is 5.40. The fourth-order valence-corrected chi connectivity index (χ4v) is 1.67. The number of aliphatic hydroxyl groups is 1. The monoisotopic (exact) mass is 185 g/mol. The van der Waals surface area contributed by atoms with Crippen molar-refractivity contribution in [2.75, 3.05) is 19.7 Å². The highest BCUT2D eigenvalue weighted by Gasteiger charge is 2.15. The minimum atomic E-state index is 0.336. The third-order valence-corrected chi connectivity index (χ3v) is 3.02. The summed E-state index contributed by atoms with van der Waals surface area (Å²) in [4.78, 5) is 0. The molecule has 0 heterocycles. The lowest BCUT2D eigenvalue weighted by molar-refractivity contribution is 0.227. The molecule has 0 saturated heterocycles. The molecule has 0 radical (unpaired) electrons. The van der Waals surface area contributed by atoms with Gasteiger partial charge in [-0.2, -0.15) is 0 Å². The molecule has 1 aliphatic rings. The van der Waals surface area contributed by atoms with Gasteiger partial charge in [0.25, 0.3) is 0 Å². The average molecular weight is 185 g/mol. The van der Waals surface area contributed by atoms with Gasteiger partial charge in [-0.25, -0.2) is 0 Å². The van der Waals surface area contributed by atoms with Crippen LogP contribution in [-0.2, 0) is 0 Å². The number of hydrogen-bond donors (Lipinski definition) is 2. The molecule has 0 aromatic heterocycles. The van der Waals surface area contributed by atoms with E-state index in [4.69, 9.17) is 5.11 Å². The lowest BCUT2D eigenvalue weighted by Gasteiger charge is -2.25. The van der Waals surface area contributed by atoms with Crippen LogP contribution in [0.1, 0.15) is 39.0 Å². The van der Waals surface area contributed by atoms with E-state index in [0.29, 0.717) is 12.5 Å². The van der Waals surface area contributed by atoms with Crippen LogP contribution in [0.4, 0.5) is 0 Å². The summed E-state index contributed by atoms with van der Waals surface area (Å²) in [7, 11) is 0. The van der Waals surface area contributed by atoms with Crippen molar-refractivity contribution in [3.05, 3.63) is 0 Å². The third kappa shape index (κ3) is 4.63. The quantitative estimate of drug-likeness (QED) is 0.593. The Balaban J connectivity index is 1.78. The zero-order valence-corrected chi connectivity index (χ0v) is 8.76. The summed E-state index contributed by atoms with van der Waals surface area (Å²) in [6.45, 7) is 4.78. The van der Waals surface area contributed by atoms with Crippen molar-refractivity contribution >= 4 is 0 Å². The first-order valence-corrected chi connectivity index (χ1v) is 5.64. The molecule has 1 unspecified atom stereocenters. The summed E-state index contributed by atoms with van der Waals surface area (Å²) >= 11 is 0. The van der Waals surface area contributed by atoms with Gasteiger partial charge in [-0.1, -0.05) is 13.3 Å². The van der Waals surface area contributed by atoms with E-state index in [1.807, 2.05) is 0 Å². The van der Waals surface area contributed by atoms with Crippen molar-refractivity contribution in [2.24, 2.45) is 11.8 Å². The highest BCUT2D eigenvalue weighted by Crippen LogP contribution is 2.25. The van der Waals surface area contributed by atoms with Gasteiger partial charge in [0, 0.05) is 6.61 Å². The van der Waals surface area contributed by atoms with Crippen molar-refractivity contribution in [2.45, 2.75) is 39.0 Å². The molecule has 0 aliphatic heterocycles. The van der Waals surface area contributed by atoms with Crippen molar-refractivity contribution in [1.82, 2.24) is 5.32 Å². The maximum Gasteiger partial charge on any atom is 0.0456 e. The van der Waals surface area contributed by atoms with Crippen LogP contribution in [0, 0.1) is 11.8 Å². The smallest absolute Gasteiger partial charge is 0.0456 e. The Morgan fingerprint density at radius 2 is 2.23 bits per heavy atom. The lowest BCUT2D eigenvalue weighted by atomic mass is 9.85. The first-order valence-electron chi connectivity index (χ1n) is 5.64. The SMILES string of the molecule is CC(CO)CCCNCC1CCC1. The van der Waals surface area contributed by atoms with E-state index in [9.17, 15) is 0 Å². The van der Waals surface area contributed by atoms with Gasteiger partial charge in [0.1, 0.15) is 0 Å². The van der Waals surface area contributed by atoms with Gasteiger partial charge in [-0.15, -0.1) is 0 Å². The second-order valence-corrected chi connectivity index (χ2v) is 4.43. The van der Waals surface area contributed by atoms with Gasteiger partial charge in [-0.3, -0.25) is 0 Å². The van der Waals surface area contributed by atoms with E-state index in [0.717, 1.165) is 18.9 Å². The summed E-state index contributed by atoms with van der Waals surface area (Å²) in [5.41, 5.74) is 0. The van der Waals surface area contributed by atoms with Gasteiger partial charge in [0.05, 0.1) is 0 Å². The van der Waals surface area contributed by atoms with Crippen molar-refractivity contribution in [3.63, 3.8) is 0 Å². The van der Waals surface area contributed by atoms with E-state index in [2.05, 4.69) is 12.2 Å². The predicted octanol–water partition coefficient (Wildman–Crippen LogP) is 1.78. The molecule has 0 aromatic rings. The zero-order valence-electron chi connectivity index (χ0n) is 8.76. The summed E-state index contributed by atoms with van der Waals surface area (Å²) in [5.74, 6) is 1.45. The predicted molar refractivity (Wildman–Crippen MR) is 55.7 cm³/mol. The maximum atomic E-state index is 8.81. The van der Waals surface area contributed by atoms with E-state index in [1.165, 1.54) is 32.2 Å². The van der Waals surface area contributed by atoms with Gasteiger partial charge in [0.2, 0.25) is 0 Å². The van der Waals surface area contributed by atoms with Gasteiger partial charge in [-0.05, 0) is 50.6 Å². The largest absolute Gasteiger partial charge is 0.396 e. The Bertz CT molecular complexity index is 117. The number of hydrogen-bond acceptors (Lipinski definition) is 2. The first kappa shape index (κ1) is 11.0. The standard InChI is InChI=1S/C11H23NO/c1-10(9-13)4-3-7-12-8-11-5-2-6-11/h10-13H,2-9H2,1H3. The molecule has 1 fully saturated rings. The van der Waals surface area contributed by atoms with Crippen LogP contribution < -0.4 is 5.32 Å². The van der Waals surface area contributed by atoms with Crippen molar-refractivity contribution in [1.29, 1.82) is 0 Å². The fraction of sp³-hybridized carbons (Fsp3) is 1.00. The molecule has 1 atom stereocenters. The molecule has 13 heavy (non-hydrogen) atoms. The molecule has 1 saturated carbocycles. The Hall–Kier alpha value is -0.0800. The average Bonchev–Trinajstić information content (AvgIpc) is 2.07. The van der Waals surface area contributed by atoms with Gasteiger partial charge in [0.15, 0.2) is 0 Å². The third-order valence-electron chi connectivity index (χ3n) is 3.02. The first-order chi connectivity index (χ1) is 6.33. The second-order valence-electron chi connectivity index (χ2n) is 4.43. The van der Waals surface area contributed by atoms with Crippen molar-refractivity contribution in [3.8, 4) is 0 Å². The van der Waals surface area contributed by atoms with E-state index in [1.54, 1.807) is 0 Å². The van der Waals surface area contributed by atoms with Crippen LogP contribution in [-0.4, -0.2) is 24.8 Å². The topological polar surface area (TPSA) is 32.3 Å². The van der Waals surface area contributed by atoms with Gasteiger partial charge >= 0.3 is 0 Å².